The van der Waals surface area contributed by atoms with Crippen LogP contribution in [0.15, 0.2) is 41.3 Å². The number of thiazole rings is 1. The molecule has 1 aromatic heterocycles. The summed E-state index contributed by atoms with van der Waals surface area (Å²) in [6, 6.07) is 10.7. The lowest BCUT2D eigenvalue weighted by Crippen LogP contribution is -2.28. The van der Waals surface area contributed by atoms with E-state index in [-0.39, 0.29) is 23.8 Å². The number of hydrogen-bond donors (Lipinski definition) is 2. The number of benzene rings is 2. The summed E-state index contributed by atoms with van der Waals surface area (Å²) in [6.45, 7) is 5.63. The van der Waals surface area contributed by atoms with Crippen LogP contribution in [-0.2, 0) is 14.8 Å². The van der Waals surface area contributed by atoms with Gasteiger partial charge in [-0.1, -0.05) is 17.7 Å². The molecule has 0 spiro atoms. The van der Waals surface area contributed by atoms with Crippen LogP contribution in [0.25, 0.3) is 10.2 Å². The maximum absolute atomic E-state index is 12.4. The first-order valence-corrected chi connectivity index (χ1v) is 10.8. The normalized spacial score (nSPS) is 11.7. The summed E-state index contributed by atoms with van der Waals surface area (Å²) in [5.74, 6) is -0.251. The zero-order chi connectivity index (χ0) is 19.6. The van der Waals surface area contributed by atoms with Crippen molar-refractivity contribution in [3.8, 4) is 0 Å². The van der Waals surface area contributed by atoms with Gasteiger partial charge >= 0.3 is 0 Å². The van der Waals surface area contributed by atoms with Gasteiger partial charge in [-0.15, -0.1) is 11.3 Å². The number of fused-ring (bicyclic) bond motifs is 1. The summed E-state index contributed by atoms with van der Waals surface area (Å²) in [6.07, 6.45) is 0.0455. The molecule has 1 heterocycles. The minimum atomic E-state index is -3.64. The molecule has 0 radical (unpaired) electrons. The Morgan fingerprint density at radius 1 is 1.11 bits per heavy atom. The number of nitrogens with one attached hydrogen (secondary N) is 2. The molecule has 8 heteroatoms. The molecule has 1 amide bonds. The van der Waals surface area contributed by atoms with Gasteiger partial charge in [-0.2, -0.15) is 0 Å². The standard InChI is InChI=1S/C19H21N3O3S2/c1-12-4-7-18(13(2)10-12)27(24,25)20-9-8-19(23)22-15-5-6-16-17(11-15)26-14(3)21-16/h4-7,10-11,20H,8-9H2,1-3H3,(H,22,23). The monoisotopic (exact) mass is 403 g/mol. The molecule has 0 aliphatic rings. The predicted octanol–water partition coefficient (Wildman–Crippen LogP) is 3.53. The van der Waals surface area contributed by atoms with E-state index in [0.29, 0.717) is 11.3 Å². The fourth-order valence-electron chi connectivity index (χ4n) is 2.82. The van der Waals surface area contributed by atoms with E-state index in [1.807, 2.05) is 32.0 Å². The van der Waals surface area contributed by atoms with E-state index in [4.69, 9.17) is 0 Å². The molecule has 0 fully saturated rings. The lowest BCUT2D eigenvalue weighted by atomic mass is 10.2. The number of anilines is 1. The molecule has 3 rings (SSSR count). The second kappa shape index (κ2) is 7.75. The molecule has 3 aromatic rings. The van der Waals surface area contributed by atoms with Gasteiger partial charge in [0.25, 0.3) is 0 Å². The van der Waals surface area contributed by atoms with E-state index >= 15 is 0 Å². The molecule has 2 N–H and O–H groups in total. The first kappa shape index (κ1) is 19.5. The number of amides is 1. The van der Waals surface area contributed by atoms with Gasteiger partial charge in [0.1, 0.15) is 0 Å². The molecule has 27 heavy (non-hydrogen) atoms. The minimum absolute atomic E-state index is 0.0311. The Bertz CT molecular complexity index is 1100. The molecule has 0 aliphatic carbocycles. The summed E-state index contributed by atoms with van der Waals surface area (Å²) in [5.41, 5.74) is 3.25. The van der Waals surface area contributed by atoms with Crippen molar-refractivity contribution in [3.63, 3.8) is 0 Å². The van der Waals surface area contributed by atoms with Crippen molar-refractivity contribution < 1.29 is 13.2 Å². The van der Waals surface area contributed by atoms with E-state index in [1.54, 1.807) is 36.5 Å². The van der Waals surface area contributed by atoms with Gasteiger partial charge < -0.3 is 5.32 Å². The van der Waals surface area contributed by atoms with Crippen LogP contribution in [0.4, 0.5) is 5.69 Å². The maximum Gasteiger partial charge on any atom is 0.240 e. The van der Waals surface area contributed by atoms with Gasteiger partial charge in [0.2, 0.25) is 15.9 Å². The number of carbonyl (C=O) groups excluding carboxylic acids is 1. The third kappa shape index (κ3) is 4.71. The van der Waals surface area contributed by atoms with Crippen molar-refractivity contribution in [2.45, 2.75) is 32.1 Å². The van der Waals surface area contributed by atoms with Crippen LogP contribution in [0.3, 0.4) is 0 Å². The van der Waals surface area contributed by atoms with Crippen molar-refractivity contribution in [2.24, 2.45) is 0 Å². The van der Waals surface area contributed by atoms with Crippen LogP contribution in [0.5, 0.6) is 0 Å². The Kier molecular flexibility index (Phi) is 5.59. The number of aryl methyl sites for hydroxylation is 3. The summed E-state index contributed by atoms with van der Waals surface area (Å²) in [7, 11) is -3.64. The minimum Gasteiger partial charge on any atom is -0.326 e. The van der Waals surface area contributed by atoms with Crippen molar-refractivity contribution >= 4 is 43.2 Å². The van der Waals surface area contributed by atoms with Gasteiger partial charge in [0, 0.05) is 18.7 Å². The molecule has 2 aromatic carbocycles. The second-order valence-electron chi connectivity index (χ2n) is 6.38. The molecule has 142 valence electrons. The molecule has 0 saturated heterocycles. The molecule has 0 saturated carbocycles. The van der Waals surface area contributed by atoms with Gasteiger partial charge in [-0.3, -0.25) is 4.79 Å². The zero-order valence-electron chi connectivity index (χ0n) is 15.4. The highest BCUT2D eigenvalue weighted by atomic mass is 32.2. The third-order valence-corrected chi connectivity index (χ3v) is 6.60. The van der Waals surface area contributed by atoms with Crippen LogP contribution in [0, 0.1) is 20.8 Å². The Morgan fingerprint density at radius 2 is 1.89 bits per heavy atom. The number of nitrogens with zero attached hydrogens (tertiary/aromatic N) is 1. The molecule has 0 atom stereocenters. The average Bonchev–Trinajstić information content (AvgIpc) is 2.93. The third-order valence-electron chi connectivity index (χ3n) is 4.04. The van der Waals surface area contributed by atoms with Crippen LogP contribution in [0.2, 0.25) is 0 Å². The predicted molar refractivity (Wildman–Crippen MR) is 109 cm³/mol. The Labute approximate surface area is 162 Å². The fourth-order valence-corrected chi connectivity index (χ4v) is 4.94. The summed E-state index contributed by atoms with van der Waals surface area (Å²) < 4.78 is 28.3. The van der Waals surface area contributed by atoms with Crippen LogP contribution >= 0.6 is 11.3 Å². The van der Waals surface area contributed by atoms with E-state index < -0.39 is 10.0 Å². The van der Waals surface area contributed by atoms with Gasteiger partial charge in [-0.05, 0) is 50.6 Å². The first-order valence-electron chi connectivity index (χ1n) is 8.48. The van der Waals surface area contributed by atoms with Gasteiger partial charge in [0.15, 0.2) is 0 Å². The largest absolute Gasteiger partial charge is 0.326 e. The van der Waals surface area contributed by atoms with Gasteiger partial charge in [0.05, 0.1) is 20.1 Å². The van der Waals surface area contributed by atoms with Crippen LogP contribution < -0.4 is 10.0 Å². The molecular formula is C19H21N3O3S2. The van der Waals surface area contributed by atoms with E-state index in [1.165, 1.54) is 0 Å². The zero-order valence-corrected chi connectivity index (χ0v) is 17.0. The quantitative estimate of drug-likeness (QED) is 0.659. The van der Waals surface area contributed by atoms with Crippen LogP contribution in [0.1, 0.15) is 22.6 Å². The highest BCUT2D eigenvalue weighted by Crippen LogP contribution is 2.24. The van der Waals surface area contributed by atoms with E-state index in [0.717, 1.165) is 20.8 Å². The van der Waals surface area contributed by atoms with Crippen molar-refractivity contribution in [1.29, 1.82) is 0 Å². The fraction of sp³-hybridized carbons (Fsp3) is 0.263. The highest BCUT2D eigenvalue weighted by Gasteiger charge is 2.16. The Balaban J connectivity index is 1.58. The summed E-state index contributed by atoms with van der Waals surface area (Å²) in [5, 5.41) is 3.76. The van der Waals surface area contributed by atoms with Crippen molar-refractivity contribution in [1.82, 2.24) is 9.71 Å². The lowest BCUT2D eigenvalue weighted by molar-refractivity contribution is -0.116. The second-order valence-corrected chi connectivity index (χ2v) is 9.35. The summed E-state index contributed by atoms with van der Waals surface area (Å²) in [4.78, 5) is 16.7. The first-order chi connectivity index (χ1) is 12.7. The highest BCUT2D eigenvalue weighted by molar-refractivity contribution is 7.89. The number of aromatic nitrogens is 1. The van der Waals surface area contributed by atoms with Crippen molar-refractivity contribution in [3.05, 3.63) is 52.5 Å². The number of rotatable bonds is 6. The molecule has 0 aliphatic heterocycles. The van der Waals surface area contributed by atoms with Crippen molar-refractivity contribution in [2.75, 3.05) is 11.9 Å². The Hall–Kier alpha value is -2.29. The molecule has 0 bridgehead atoms. The number of carbonyl (C=O) groups is 1. The summed E-state index contributed by atoms with van der Waals surface area (Å²) >= 11 is 1.56. The lowest BCUT2D eigenvalue weighted by Gasteiger charge is -2.10. The maximum atomic E-state index is 12.4. The van der Waals surface area contributed by atoms with Gasteiger partial charge in [-0.25, -0.2) is 18.1 Å². The van der Waals surface area contributed by atoms with E-state index in [9.17, 15) is 13.2 Å². The SMILES string of the molecule is Cc1ccc(S(=O)(=O)NCCC(=O)Nc2ccc3nc(C)sc3c2)c(C)c1. The smallest absolute Gasteiger partial charge is 0.240 e. The number of hydrogen-bond acceptors (Lipinski definition) is 5. The average molecular weight is 404 g/mol. The van der Waals surface area contributed by atoms with Crippen LogP contribution in [-0.4, -0.2) is 25.9 Å². The van der Waals surface area contributed by atoms with E-state index in [2.05, 4.69) is 15.0 Å². The molecule has 0 unspecified atom stereocenters. The molecule has 6 nitrogen and oxygen atoms in total. The topological polar surface area (TPSA) is 88.2 Å². The molecular weight excluding hydrogens is 382 g/mol. The Morgan fingerprint density at radius 3 is 2.63 bits per heavy atom. The number of sulfonamides is 1.